The van der Waals surface area contributed by atoms with E-state index < -0.39 is 0 Å². The molecule has 1 aromatic heterocycles. The largest absolute Gasteiger partial charge is 0.508 e. The van der Waals surface area contributed by atoms with Crippen molar-refractivity contribution < 1.29 is 9.90 Å². The van der Waals surface area contributed by atoms with Crippen LogP contribution in [0.25, 0.3) is 0 Å². The molecular formula is C19H19N3O2S. The van der Waals surface area contributed by atoms with Crippen LogP contribution in [-0.4, -0.2) is 27.1 Å². The van der Waals surface area contributed by atoms with Crippen LogP contribution in [0.15, 0.2) is 40.6 Å². The second kappa shape index (κ2) is 6.19. The summed E-state index contributed by atoms with van der Waals surface area (Å²) >= 11 is 1.47. The van der Waals surface area contributed by atoms with Crippen LogP contribution in [0.3, 0.4) is 0 Å². The molecule has 0 aliphatic heterocycles. The number of anilines is 1. The third kappa shape index (κ3) is 2.70. The molecule has 6 heteroatoms. The van der Waals surface area contributed by atoms with Gasteiger partial charge in [0.25, 0.3) is 0 Å². The lowest BCUT2D eigenvalue weighted by atomic mass is 9.71. The first kappa shape index (κ1) is 16.1. The lowest BCUT2D eigenvalue weighted by molar-refractivity contribution is -0.116. The lowest BCUT2D eigenvalue weighted by Gasteiger charge is -2.33. The van der Waals surface area contributed by atoms with E-state index in [2.05, 4.69) is 9.97 Å². The first-order valence-corrected chi connectivity index (χ1v) is 9.55. The Morgan fingerprint density at radius 2 is 1.96 bits per heavy atom. The molecule has 25 heavy (non-hydrogen) atoms. The van der Waals surface area contributed by atoms with E-state index in [1.807, 2.05) is 18.4 Å². The van der Waals surface area contributed by atoms with E-state index in [9.17, 15) is 9.90 Å². The Kier molecular flexibility index (Phi) is 4.00. The summed E-state index contributed by atoms with van der Waals surface area (Å²) in [6, 6.07) is 6.99. The molecule has 0 fully saturated rings. The van der Waals surface area contributed by atoms with Crippen molar-refractivity contribution in [2.45, 2.75) is 36.8 Å². The van der Waals surface area contributed by atoms with Gasteiger partial charge in [-0.25, -0.2) is 9.97 Å². The molecule has 1 atom stereocenters. The second-order valence-corrected chi connectivity index (χ2v) is 7.22. The summed E-state index contributed by atoms with van der Waals surface area (Å²) in [5, 5.41) is 10.3. The monoisotopic (exact) mass is 353 g/mol. The van der Waals surface area contributed by atoms with Crippen LogP contribution in [0.4, 0.5) is 5.82 Å². The van der Waals surface area contributed by atoms with Gasteiger partial charge in [0.2, 0.25) is 0 Å². The molecule has 1 unspecified atom stereocenters. The van der Waals surface area contributed by atoms with Gasteiger partial charge in [0.15, 0.2) is 10.9 Å². The second-order valence-electron chi connectivity index (χ2n) is 6.45. The summed E-state index contributed by atoms with van der Waals surface area (Å²) in [6.07, 6.45) is 4.99. The number of nitrogens with two attached hydrogens (primary N) is 1. The van der Waals surface area contributed by atoms with Crippen molar-refractivity contribution in [3.63, 3.8) is 0 Å². The molecule has 2 aromatic rings. The van der Waals surface area contributed by atoms with E-state index in [0.29, 0.717) is 23.8 Å². The number of nitrogens with zero attached hydrogens (tertiary/aromatic N) is 2. The van der Waals surface area contributed by atoms with Gasteiger partial charge in [0.1, 0.15) is 11.6 Å². The van der Waals surface area contributed by atoms with Crippen LogP contribution in [0.2, 0.25) is 0 Å². The van der Waals surface area contributed by atoms with Gasteiger partial charge in [-0.1, -0.05) is 29.5 Å². The number of rotatable bonds is 2. The normalized spacial score (nSPS) is 19.6. The Balaban J connectivity index is 1.96. The number of carbonyl (C=O) groups excluding carboxylic acids is 1. The van der Waals surface area contributed by atoms with E-state index in [1.54, 1.807) is 12.1 Å². The molecule has 2 aliphatic carbocycles. The number of fused-ring (bicyclic) bond motifs is 1. The zero-order valence-electron chi connectivity index (χ0n) is 14.0. The standard InChI is InChI=1S/C19H19N3O2S/c1-25-19-21-13-9-11-3-2-4-14(24)15(11)16(17(13)18(20)22-19)10-5-7-12(23)8-6-10/h5-8,16,23H,2-4,9H2,1H3,(H2,20,21,22). The Hall–Kier alpha value is -2.34. The smallest absolute Gasteiger partial charge is 0.189 e. The number of phenols is 1. The molecule has 0 radical (unpaired) electrons. The third-order valence-corrected chi connectivity index (χ3v) is 5.51. The van der Waals surface area contributed by atoms with Crippen molar-refractivity contribution in [2.24, 2.45) is 0 Å². The third-order valence-electron chi connectivity index (χ3n) is 4.96. The van der Waals surface area contributed by atoms with Gasteiger partial charge in [-0.3, -0.25) is 4.79 Å². The van der Waals surface area contributed by atoms with Crippen molar-refractivity contribution in [1.29, 1.82) is 0 Å². The van der Waals surface area contributed by atoms with Crippen LogP contribution < -0.4 is 5.73 Å². The predicted octanol–water partition coefficient (Wildman–Crippen LogP) is 3.22. The molecule has 4 rings (SSSR count). The molecule has 0 saturated carbocycles. The van der Waals surface area contributed by atoms with E-state index in [4.69, 9.17) is 5.73 Å². The number of ketones is 1. The maximum Gasteiger partial charge on any atom is 0.189 e. The highest BCUT2D eigenvalue weighted by molar-refractivity contribution is 7.98. The first-order valence-electron chi connectivity index (χ1n) is 8.32. The minimum atomic E-state index is -0.247. The Labute approximate surface area is 150 Å². The van der Waals surface area contributed by atoms with E-state index in [1.165, 1.54) is 17.3 Å². The maximum atomic E-state index is 12.7. The van der Waals surface area contributed by atoms with Crippen LogP contribution in [0.5, 0.6) is 5.75 Å². The van der Waals surface area contributed by atoms with Crippen LogP contribution >= 0.6 is 11.8 Å². The molecule has 0 amide bonds. The average molecular weight is 353 g/mol. The molecule has 0 saturated heterocycles. The molecule has 0 bridgehead atoms. The molecule has 2 aliphatic rings. The minimum Gasteiger partial charge on any atom is -0.508 e. The summed E-state index contributed by atoms with van der Waals surface area (Å²) < 4.78 is 0. The van der Waals surface area contributed by atoms with Crippen LogP contribution in [0.1, 0.15) is 42.0 Å². The van der Waals surface area contributed by atoms with Crippen molar-refractivity contribution >= 4 is 23.4 Å². The fourth-order valence-electron chi connectivity index (χ4n) is 3.88. The Morgan fingerprint density at radius 1 is 1.20 bits per heavy atom. The van der Waals surface area contributed by atoms with Gasteiger partial charge in [-0.2, -0.15) is 0 Å². The number of hydrogen-bond acceptors (Lipinski definition) is 6. The summed E-state index contributed by atoms with van der Waals surface area (Å²) in [6.45, 7) is 0. The van der Waals surface area contributed by atoms with Crippen LogP contribution in [-0.2, 0) is 11.2 Å². The quantitative estimate of drug-likeness (QED) is 0.636. The van der Waals surface area contributed by atoms with E-state index in [-0.39, 0.29) is 17.5 Å². The number of Topliss-reactive ketones (excluding diaryl/α,β-unsaturated/α-hetero) is 1. The first-order chi connectivity index (χ1) is 12.1. The van der Waals surface area contributed by atoms with E-state index >= 15 is 0 Å². The zero-order valence-corrected chi connectivity index (χ0v) is 14.8. The number of allylic oxidation sites excluding steroid dienone is 2. The number of hydrogen-bond donors (Lipinski definition) is 2. The molecule has 128 valence electrons. The highest BCUT2D eigenvalue weighted by Gasteiger charge is 2.37. The topological polar surface area (TPSA) is 89.1 Å². The molecule has 3 N–H and O–H groups in total. The summed E-state index contributed by atoms with van der Waals surface area (Å²) in [4.78, 5) is 21.8. The van der Waals surface area contributed by atoms with Gasteiger partial charge in [-0.15, -0.1) is 0 Å². The van der Waals surface area contributed by atoms with Crippen molar-refractivity contribution in [3.8, 4) is 5.75 Å². The molecular weight excluding hydrogens is 334 g/mol. The van der Waals surface area contributed by atoms with Gasteiger partial charge in [0, 0.05) is 29.9 Å². The van der Waals surface area contributed by atoms with Crippen LogP contribution in [0, 0.1) is 0 Å². The number of carbonyl (C=O) groups is 1. The van der Waals surface area contributed by atoms with Crippen molar-refractivity contribution in [2.75, 3.05) is 12.0 Å². The number of phenolic OH excluding ortho intramolecular Hbond substituents is 1. The average Bonchev–Trinajstić information content (AvgIpc) is 2.61. The molecule has 1 heterocycles. The zero-order chi connectivity index (χ0) is 17.6. The fourth-order valence-corrected chi connectivity index (χ4v) is 4.27. The summed E-state index contributed by atoms with van der Waals surface area (Å²) in [7, 11) is 0. The SMILES string of the molecule is CSc1nc(N)c2c(n1)CC1=C(C(=O)CCC1)C2c1ccc(O)cc1. The fraction of sp³-hybridized carbons (Fsp3) is 0.316. The highest BCUT2D eigenvalue weighted by Crippen LogP contribution is 2.46. The Bertz CT molecular complexity index is 890. The van der Waals surface area contributed by atoms with Gasteiger partial charge in [-0.05, 0) is 36.8 Å². The predicted molar refractivity (Wildman–Crippen MR) is 97.8 cm³/mol. The number of nitrogen functional groups attached to an aromatic ring is 1. The molecule has 0 spiro atoms. The van der Waals surface area contributed by atoms with Gasteiger partial charge >= 0.3 is 0 Å². The lowest BCUT2D eigenvalue weighted by Crippen LogP contribution is -2.27. The summed E-state index contributed by atoms with van der Waals surface area (Å²) in [5.74, 6) is 0.588. The highest BCUT2D eigenvalue weighted by atomic mass is 32.2. The van der Waals surface area contributed by atoms with E-state index in [0.717, 1.165) is 35.2 Å². The number of aromatic nitrogens is 2. The maximum absolute atomic E-state index is 12.7. The minimum absolute atomic E-state index is 0.193. The van der Waals surface area contributed by atoms with Crippen molar-refractivity contribution in [1.82, 2.24) is 9.97 Å². The van der Waals surface area contributed by atoms with Gasteiger partial charge < -0.3 is 10.8 Å². The molecule has 5 nitrogen and oxygen atoms in total. The number of aromatic hydroxyl groups is 1. The molecule has 1 aromatic carbocycles. The number of benzene rings is 1. The number of thioether (sulfide) groups is 1. The summed E-state index contributed by atoms with van der Waals surface area (Å²) in [5.41, 5.74) is 11.0. The van der Waals surface area contributed by atoms with Gasteiger partial charge in [0.05, 0.1) is 5.69 Å². The van der Waals surface area contributed by atoms with Crippen molar-refractivity contribution in [3.05, 3.63) is 52.2 Å². The Morgan fingerprint density at radius 3 is 2.68 bits per heavy atom.